The van der Waals surface area contributed by atoms with Gasteiger partial charge in [0.05, 0.1) is 5.92 Å². The molecule has 0 aliphatic rings. The minimum atomic E-state index is -1.00. The fraction of sp³-hybridized carbons (Fsp3) is 0.871. The molecule has 0 aromatic heterocycles. The van der Waals surface area contributed by atoms with Crippen molar-refractivity contribution in [2.45, 2.75) is 142 Å². The summed E-state index contributed by atoms with van der Waals surface area (Å²) < 4.78 is 0. The van der Waals surface area contributed by atoms with E-state index in [0.717, 1.165) is 38.5 Å². The molecule has 0 radical (unpaired) electrons. The number of amides is 1. The van der Waals surface area contributed by atoms with Crippen LogP contribution in [-0.4, -0.2) is 48.7 Å². The molecule has 0 saturated heterocycles. The predicted octanol–water partition coefficient (Wildman–Crippen LogP) is 6.87. The first-order valence-corrected chi connectivity index (χ1v) is 15.5. The normalized spacial score (nSPS) is 12.7. The van der Waals surface area contributed by atoms with Crippen LogP contribution in [0.3, 0.4) is 0 Å². The number of unbranched alkanes of at least 4 members (excludes halogenated alkanes) is 13. The topological polar surface area (TPSA) is 113 Å². The zero-order valence-electron chi connectivity index (χ0n) is 24.8. The number of aliphatic carboxylic acids is 1. The van der Waals surface area contributed by atoms with Crippen LogP contribution in [-0.2, 0) is 19.2 Å². The Hall–Kier alpha value is -1.76. The maximum absolute atomic E-state index is 12.3. The van der Waals surface area contributed by atoms with Gasteiger partial charge in [0.15, 0.2) is 0 Å². The Morgan fingerprint density at radius 1 is 0.711 bits per heavy atom. The van der Waals surface area contributed by atoms with Crippen LogP contribution >= 0.6 is 0 Å². The van der Waals surface area contributed by atoms with Crippen molar-refractivity contribution in [3.63, 3.8) is 0 Å². The van der Waals surface area contributed by atoms with Gasteiger partial charge in [0.25, 0.3) is 0 Å². The van der Waals surface area contributed by atoms with Gasteiger partial charge in [0.2, 0.25) is 5.91 Å². The van der Waals surface area contributed by atoms with Crippen molar-refractivity contribution in [3.05, 3.63) is 0 Å². The summed E-state index contributed by atoms with van der Waals surface area (Å²) in [6, 6.07) is 0. The molecule has 0 unspecified atom stereocenters. The van der Waals surface area contributed by atoms with Crippen LogP contribution in [0.2, 0.25) is 0 Å². The number of carbonyl (C=O) groups excluding carboxylic acids is 3. The van der Waals surface area contributed by atoms with E-state index < -0.39 is 11.9 Å². The van der Waals surface area contributed by atoms with Crippen LogP contribution in [0, 0.1) is 11.8 Å². The van der Waals surface area contributed by atoms with Crippen molar-refractivity contribution in [2.75, 3.05) is 20.1 Å². The summed E-state index contributed by atoms with van der Waals surface area (Å²) in [5.41, 5.74) is 0. The average Bonchev–Trinajstić information content (AvgIpc) is 2.88. The summed E-state index contributed by atoms with van der Waals surface area (Å²) >= 11 is 0. The fourth-order valence-corrected chi connectivity index (χ4v) is 4.86. The van der Waals surface area contributed by atoms with Gasteiger partial charge in [-0.25, -0.2) is 0 Å². The van der Waals surface area contributed by atoms with E-state index in [1.165, 1.54) is 64.2 Å². The van der Waals surface area contributed by atoms with Gasteiger partial charge in [0.1, 0.15) is 11.6 Å². The lowest BCUT2D eigenvalue weighted by Crippen LogP contribution is -2.27. The second-order valence-electron chi connectivity index (χ2n) is 11.0. The van der Waals surface area contributed by atoms with Gasteiger partial charge in [-0.3, -0.25) is 19.2 Å². The van der Waals surface area contributed by atoms with E-state index >= 15 is 0 Å². The van der Waals surface area contributed by atoms with E-state index in [1.807, 2.05) is 7.05 Å². The Labute approximate surface area is 234 Å². The molecule has 0 aromatic rings. The Morgan fingerprint density at radius 2 is 1.26 bits per heavy atom. The minimum absolute atomic E-state index is 0. The summed E-state index contributed by atoms with van der Waals surface area (Å²) in [7, 11) is 1.83. The molecule has 2 atom stereocenters. The van der Waals surface area contributed by atoms with Gasteiger partial charge < -0.3 is 15.7 Å². The Kier molecular flexibility index (Phi) is 24.3. The van der Waals surface area contributed by atoms with Gasteiger partial charge in [-0.1, -0.05) is 90.4 Å². The summed E-state index contributed by atoms with van der Waals surface area (Å²) in [6.45, 7) is 5.03. The maximum Gasteiger partial charge on any atom is 0.306 e. The Balaban J connectivity index is 0. The van der Waals surface area contributed by atoms with Gasteiger partial charge in [0, 0.05) is 39.7 Å². The number of hydrogen-bond donors (Lipinski definition) is 3. The highest BCUT2D eigenvalue weighted by molar-refractivity contribution is 5.84. The van der Waals surface area contributed by atoms with Crippen molar-refractivity contribution >= 4 is 23.4 Å². The summed E-state index contributed by atoms with van der Waals surface area (Å²) in [6.07, 6.45) is 19.4. The van der Waals surface area contributed by atoms with E-state index in [0.29, 0.717) is 19.5 Å². The number of carbonyl (C=O) groups is 4. The molecule has 224 valence electrons. The average molecular weight is 541 g/mol. The first kappa shape index (κ1) is 36.2. The molecular weight excluding hydrogens is 480 g/mol. The van der Waals surface area contributed by atoms with E-state index in [1.54, 1.807) is 6.92 Å². The van der Waals surface area contributed by atoms with Crippen molar-refractivity contribution in [2.24, 2.45) is 11.8 Å². The molecule has 0 saturated carbocycles. The molecular formula is C31H60N2O5. The third kappa shape index (κ3) is 22.2. The lowest BCUT2D eigenvalue weighted by atomic mass is 9.94. The van der Waals surface area contributed by atoms with Gasteiger partial charge in [-0.2, -0.15) is 0 Å². The van der Waals surface area contributed by atoms with Crippen LogP contribution in [0.25, 0.3) is 0 Å². The molecule has 0 aliphatic carbocycles. The highest BCUT2D eigenvalue weighted by Crippen LogP contribution is 2.17. The highest BCUT2D eigenvalue weighted by atomic mass is 16.4. The van der Waals surface area contributed by atoms with Crippen LogP contribution in [0.15, 0.2) is 0 Å². The van der Waals surface area contributed by atoms with E-state index in [4.69, 9.17) is 0 Å². The number of nitrogens with one attached hydrogen (secondary N) is 2. The Bertz CT molecular complexity index is 644. The number of carboxylic acid groups (broad SMARTS) is 1. The number of rotatable bonds is 28. The van der Waals surface area contributed by atoms with Crippen LogP contribution in [0.5, 0.6) is 0 Å². The molecule has 0 heterocycles. The highest BCUT2D eigenvalue weighted by Gasteiger charge is 2.22. The van der Waals surface area contributed by atoms with Gasteiger partial charge >= 0.3 is 5.97 Å². The van der Waals surface area contributed by atoms with E-state index in [-0.39, 0.29) is 44.1 Å². The standard InChI is InChI=1S/C31H58N2O5.H2/c1-4-5-6-7-8-9-10-11-12-13-14-15-16-20-29(35)24-27(31(37)38)21-22-30(36)33-23-18-17-19-28(25-32-3)26(2)34;/h27-28,32H,4-25H2,1-3H3,(H,33,36)(H,37,38);1H/t27-,28-;/m1./s1. The Morgan fingerprint density at radius 3 is 1.76 bits per heavy atom. The molecule has 0 aromatic carbocycles. The molecule has 0 spiro atoms. The molecule has 7 heteroatoms. The molecule has 0 rings (SSSR count). The second kappa shape index (κ2) is 25.5. The lowest BCUT2D eigenvalue weighted by Gasteiger charge is -2.13. The van der Waals surface area contributed by atoms with Gasteiger partial charge in [-0.05, 0) is 39.7 Å². The largest absolute Gasteiger partial charge is 0.481 e. The zero-order chi connectivity index (χ0) is 28.4. The monoisotopic (exact) mass is 540 g/mol. The third-order valence-corrected chi connectivity index (χ3v) is 7.43. The van der Waals surface area contributed by atoms with Crippen LogP contribution in [0.4, 0.5) is 0 Å². The number of carboxylic acids is 1. The molecule has 3 N–H and O–H groups in total. The summed E-state index contributed by atoms with van der Waals surface area (Å²) in [5, 5.41) is 15.3. The van der Waals surface area contributed by atoms with Gasteiger partial charge in [-0.15, -0.1) is 0 Å². The molecule has 7 nitrogen and oxygen atoms in total. The SMILES string of the molecule is CCCCCCCCCCCCCCCC(=O)C[C@@H](CCC(=O)NCCCC[C@H](CNC)C(C)=O)C(=O)O.[HH]. The van der Waals surface area contributed by atoms with Crippen molar-refractivity contribution in [3.8, 4) is 0 Å². The minimum Gasteiger partial charge on any atom is -0.481 e. The summed E-state index contributed by atoms with van der Waals surface area (Å²) in [5.74, 6) is -1.82. The van der Waals surface area contributed by atoms with Crippen molar-refractivity contribution in [1.82, 2.24) is 10.6 Å². The molecule has 0 fully saturated rings. The number of Topliss-reactive ketones (excluding diaryl/α,β-unsaturated/α-hetero) is 2. The third-order valence-electron chi connectivity index (χ3n) is 7.43. The maximum atomic E-state index is 12.3. The molecule has 0 aliphatic heterocycles. The van der Waals surface area contributed by atoms with Crippen LogP contribution < -0.4 is 10.6 Å². The first-order valence-electron chi connectivity index (χ1n) is 15.5. The predicted molar refractivity (Wildman–Crippen MR) is 157 cm³/mol. The number of ketones is 2. The van der Waals surface area contributed by atoms with Crippen LogP contribution in [0.1, 0.15) is 144 Å². The zero-order valence-corrected chi connectivity index (χ0v) is 24.8. The summed E-state index contributed by atoms with van der Waals surface area (Å²) in [4.78, 5) is 47.6. The van der Waals surface area contributed by atoms with Crippen molar-refractivity contribution < 1.29 is 25.7 Å². The molecule has 0 bridgehead atoms. The second-order valence-corrected chi connectivity index (χ2v) is 11.0. The smallest absolute Gasteiger partial charge is 0.306 e. The first-order chi connectivity index (χ1) is 18.3. The van der Waals surface area contributed by atoms with E-state index in [2.05, 4.69) is 17.6 Å². The van der Waals surface area contributed by atoms with E-state index in [9.17, 15) is 24.3 Å². The quantitative estimate of drug-likeness (QED) is 0.0934. The molecule has 38 heavy (non-hydrogen) atoms. The van der Waals surface area contributed by atoms with Crippen molar-refractivity contribution in [1.29, 1.82) is 0 Å². The lowest BCUT2D eigenvalue weighted by molar-refractivity contribution is -0.144. The fourth-order valence-electron chi connectivity index (χ4n) is 4.86. The molecule has 1 amide bonds. The number of hydrogen-bond acceptors (Lipinski definition) is 5.